The standard InChI is InChI=1S/C8H15NO2/c1-9-8(7(10)11-2)5-3-4-6-8/h9H,3-6H2,1-2H3/p+1. The van der Waals surface area contributed by atoms with Crippen LogP contribution in [0.15, 0.2) is 0 Å². The minimum atomic E-state index is -0.241. The summed E-state index contributed by atoms with van der Waals surface area (Å²) in [7, 11) is 3.41. The van der Waals surface area contributed by atoms with Crippen LogP contribution in [0.2, 0.25) is 0 Å². The van der Waals surface area contributed by atoms with Gasteiger partial charge in [0.1, 0.15) is 0 Å². The molecule has 0 spiro atoms. The summed E-state index contributed by atoms with van der Waals surface area (Å²) >= 11 is 0. The number of esters is 1. The molecule has 3 nitrogen and oxygen atoms in total. The van der Waals surface area contributed by atoms with Crippen molar-refractivity contribution in [1.29, 1.82) is 0 Å². The van der Waals surface area contributed by atoms with Gasteiger partial charge >= 0.3 is 5.97 Å². The third kappa shape index (κ3) is 1.38. The smallest absolute Gasteiger partial charge is 0.367 e. The van der Waals surface area contributed by atoms with E-state index in [1.54, 1.807) is 0 Å². The van der Waals surface area contributed by atoms with E-state index in [-0.39, 0.29) is 11.5 Å². The average Bonchev–Trinajstić information content (AvgIpc) is 2.52. The van der Waals surface area contributed by atoms with E-state index in [0.717, 1.165) is 25.7 Å². The monoisotopic (exact) mass is 158 g/mol. The highest BCUT2D eigenvalue weighted by Gasteiger charge is 2.44. The van der Waals surface area contributed by atoms with Crippen LogP contribution in [0.3, 0.4) is 0 Å². The summed E-state index contributed by atoms with van der Waals surface area (Å²) in [5.41, 5.74) is -0.241. The molecule has 0 aliphatic heterocycles. The third-order valence-electron chi connectivity index (χ3n) is 2.64. The van der Waals surface area contributed by atoms with Crippen LogP contribution >= 0.6 is 0 Å². The zero-order valence-electron chi connectivity index (χ0n) is 7.22. The minimum Gasteiger partial charge on any atom is -0.464 e. The molecular weight excluding hydrogens is 142 g/mol. The quantitative estimate of drug-likeness (QED) is 0.559. The largest absolute Gasteiger partial charge is 0.464 e. The number of hydrogen-bond donors (Lipinski definition) is 1. The van der Waals surface area contributed by atoms with Gasteiger partial charge in [-0.1, -0.05) is 0 Å². The molecule has 1 rings (SSSR count). The van der Waals surface area contributed by atoms with Crippen molar-refractivity contribution < 1.29 is 14.8 Å². The van der Waals surface area contributed by atoms with Gasteiger partial charge in [0.25, 0.3) is 0 Å². The van der Waals surface area contributed by atoms with E-state index in [1.165, 1.54) is 7.11 Å². The number of nitrogens with two attached hydrogens (primary N) is 1. The highest BCUT2D eigenvalue weighted by molar-refractivity contribution is 5.79. The number of carbonyl (C=O) groups is 1. The van der Waals surface area contributed by atoms with Crippen LogP contribution < -0.4 is 5.32 Å². The molecule has 0 heterocycles. The number of quaternary nitrogens is 1. The maximum Gasteiger partial charge on any atom is 0.367 e. The third-order valence-corrected chi connectivity index (χ3v) is 2.64. The molecule has 3 heteroatoms. The fourth-order valence-electron chi connectivity index (χ4n) is 1.82. The van der Waals surface area contributed by atoms with E-state index in [0.29, 0.717) is 0 Å². The van der Waals surface area contributed by atoms with Crippen LogP contribution in [-0.4, -0.2) is 25.7 Å². The van der Waals surface area contributed by atoms with Crippen molar-refractivity contribution in [2.75, 3.05) is 14.2 Å². The van der Waals surface area contributed by atoms with E-state index >= 15 is 0 Å². The molecule has 64 valence electrons. The van der Waals surface area contributed by atoms with Crippen molar-refractivity contribution >= 4 is 5.97 Å². The molecular formula is C8H16NO2+. The van der Waals surface area contributed by atoms with Crippen LogP contribution in [-0.2, 0) is 9.53 Å². The first-order chi connectivity index (χ1) is 5.25. The summed E-state index contributed by atoms with van der Waals surface area (Å²) in [6.45, 7) is 0. The van der Waals surface area contributed by atoms with Gasteiger partial charge in [-0.2, -0.15) is 0 Å². The second-order valence-electron chi connectivity index (χ2n) is 3.14. The number of rotatable bonds is 2. The summed E-state index contributed by atoms with van der Waals surface area (Å²) in [5.74, 6) is -0.0579. The SMILES string of the molecule is C[NH2+]C1(C(=O)OC)CCCC1. The van der Waals surface area contributed by atoms with Crippen molar-refractivity contribution in [3.05, 3.63) is 0 Å². The maximum absolute atomic E-state index is 11.3. The summed E-state index contributed by atoms with van der Waals surface area (Å²) in [6, 6.07) is 0. The van der Waals surface area contributed by atoms with Crippen LogP contribution in [0.4, 0.5) is 0 Å². The first-order valence-corrected chi connectivity index (χ1v) is 4.14. The number of ether oxygens (including phenoxy) is 1. The van der Waals surface area contributed by atoms with Gasteiger partial charge < -0.3 is 10.1 Å². The molecule has 0 saturated heterocycles. The lowest BCUT2D eigenvalue weighted by Gasteiger charge is -2.20. The molecule has 0 radical (unpaired) electrons. The Morgan fingerprint density at radius 1 is 1.45 bits per heavy atom. The number of carbonyl (C=O) groups excluding carboxylic acids is 1. The Morgan fingerprint density at radius 3 is 2.36 bits per heavy atom. The van der Waals surface area contributed by atoms with Crippen LogP contribution in [0, 0.1) is 0 Å². The molecule has 0 bridgehead atoms. The van der Waals surface area contributed by atoms with Crippen LogP contribution in [0.5, 0.6) is 0 Å². The summed E-state index contributed by atoms with van der Waals surface area (Å²) < 4.78 is 4.76. The van der Waals surface area contributed by atoms with E-state index in [4.69, 9.17) is 4.74 Å². The van der Waals surface area contributed by atoms with Gasteiger partial charge in [-0.3, -0.25) is 0 Å². The van der Waals surface area contributed by atoms with Gasteiger partial charge in [0.2, 0.25) is 0 Å². The van der Waals surface area contributed by atoms with Crippen LogP contribution in [0.1, 0.15) is 25.7 Å². The topological polar surface area (TPSA) is 42.9 Å². The molecule has 0 atom stereocenters. The number of hydrogen-bond acceptors (Lipinski definition) is 2. The van der Waals surface area contributed by atoms with Gasteiger partial charge in [0.15, 0.2) is 5.54 Å². The van der Waals surface area contributed by atoms with Gasteiger partial charge in [0.05, 0.1) is 14.2 Å². The van der Waals surface area contributed by atoms with Crippen molar-refractivity contribution in [2.24, 2.45) is 0 Å². The Hall–Kier alpha value is -0.570. The van der Waals surface area contributed by atoms with Crippen LogP contribution in [0.25, 0.3) is 0 Å². The average molecular weight is 158 g/mol. The van der Waals surface area contributed by atoms with E-state index < -0.39 is 0 Å². The van der Waals surface area contributed by atoms with Gasteiger partial charge in [-0.15, -0.1) is 0 Å². The van der Waals surface area contributed by atoms with E-state index in [1.807, 2.05) is 12.4 Å². The molecule has 11 heavy (non-hydrogen) atoms. The highest BCUT2D eigenvalue weighted by Crippen LogP contribution is 2.26. The molecule has 0 aromatic carbocycles. The molecule has 0 aromatic heterocycles. The van der Waals surface area contributed by atoms with Crippen molar-refractivity contribution in [2.45, 2.75) is 31.2 Å². The van der Waals surface area contributed by atoms with Gasteiger partial charge in [-0.25, -0.2) is 4.79 Å². The first kappa shape index (κ1) is 8.53. The summed E-state index contributed by atoms with van der Waals surface area (Å²) in [5, 5.41) is 1.99. The fraction of sp³-hybridized carbons (Fsp3) is 0.875. The Kier molecular flexibility index (Phi) is 2.49. The van der Waals surface area contributed by atoms with Crippen molar-refractivity contribution in [1.82, 2.24) is 0 Å². The second-order valence-corrected chi connectivity index (χ2v) is 3.14. The molecule has 2 N–H and O–H groups in total. The highest BCUT2D eigenvalue weighted by atomic mass is 16.5. The molecule has 1 fully saturated rings. The van der Waals surface area contributed by atoms with Gasteiger partial charge in [0, 0.05) is 12.8 Å². The van der Waals surface area contributed by atoms with E-state index in [2.05, 4.69) is 0 Å². The number of likely N-dealkylation sites (N-methyl/N-ethyl adjacent to an activating group) is 1. The maximum atomic E-state index is 11.3. The summed E-state index contributed by atoms with van der Waals surface area (Å²) in [6.07, 6.45) is 4.24. The lowest BCUT2D eigenvalue weighted by Crippen LogP contribution is -2.95. The Balaban J connectivity index is 2.66. The Bertz CT molecular complexity index is 150. The van der Waals surface area contributed by atoms with Gasteiger partial charge in [-0.05, 0) is 12.8 Å². The minimum absolute atomic E-state index is 0.0579. The number of methoxy groups -OCH3 is 1. The lowest BCUT2D eigenvalue weighted by atomic mass is 9.98. The van der Waals surface area contributed by atoms with Crippen molar-refractivity contribution in [3.8, 4) is 0 Å². The summed E-state index contributed by atoms with van der Waals surface area (Å²) in [4.78, 5) is 11.3. The van der Waals surface area contributed by atoms with Crippen molar-refractivity contribution in [3.63, 3.8) is 0 Å². The normalized spacial score (nSPS) is 21.6. The second kappa shape index (κ2) is 3.22. The predicted molar refractivity (Wildman–Crippen MR) is 41.1 cm³/mol. The first-order valence-electron chi connectivity index (χ1n) is 4.14. The zero-order valence-corrected chi connectivity index (χ0v) is 7.22. The molecule has 1 saturated carbocycles. The Labute approximate surface area is 67.1 Å². The zero-order chi connectivity index (χ0) is 8.32. The molecule has 0 aromatic rings. The molecule has 1 aliphatic carbocycles. The molecule has 1 aliphatic rings. The van der Waals surface area contributed by atoms with E-state index in [9.17, 15) is 4.79 Å². The lowest BCUT2D eigenvalue weighted by molar-refractivity contribution is -0.688. The molecule has 0 unspecified atom stereocenters. The predicted octanol–water partition coefficient (Wildman–Crippen LogP) is -0.335. The fourth-order valence-corrected chi connectivity index (χ4v) is 1.82. The Morgan fingerprint density at radius 2 is 2.00 bits per heavy atom. The molecule has 0 amide bonds.